The third-order valence-electron chi connectivity index (χ3n) is 2.96. The molecule has 22 heavy (non-hydrogen) atoms. The summed E-state index contributed by atoms with van der Waals surface area (Å²) in [6.45, 7) is 3.99. The minimum Gasteiger partial charge on any atom is -0.351 e. The van der Waals surface area contributed by atoms with E-state index >= 15 is 0 Å². The van der Waals surface area contributed by atoms with Gasteiger partial charge in [0.2, 0.25) is 11.1 Å². The molecule has 0 saturated heterocycles. The van der Waals surface area contributed by atoms with Gasteiger partial charge in [-0.2, -0.15) is 4.68 Å². The highest BCUT2D eigenvalue weighted by Crippen LogP contribution is 2.10. The maximum absolute atomic E-state index is 11.8. The molecule has 0 bridgehead atoms. The van der Waals surface area contributed by atoms with Crippen LogP contribution in [0.2, 0.25) is 0 Å². The maximum Gasteiger partial charge on any atom is 0.294 e. The van der Waals surface area contributed by atoms with E-state index in [0.29, 0.717) is 6.54 Å². The number of benzene rings is 1. The van der Waals surface area contributed by atoms with E-state index in [0.717, 1.165) is 22.0 Å². The second kappa shape index (κ2) is 7.08. The predicted octanol–water partition coefficient (Wildman–Crippen LogP) is 0.377. The number of carbonyl (C=O) groups excluding carboxylic acids is 1. The van der Waals surface area contributed by atoms with Gasteiger partial charge in [-0.1, -0.05) is 41.6 Å². The fourth-order valence-electron chi connectivity index (χ4n) is 1.66. The number of aromatic nitrogens is 3. The molecule has 116 valence electrons. The molecule has 1 amide bonds. The smallest absolute Gasteiger partial charge is 0.294 e. The summed E-state index contributed by atoms with van der Waals surface area (Å²) < 4.78 is 0.903. The van der Waals surface area contributed by atoms with Gasteiger partial charge in [0.25, 0.3) is 5.56 Å². The maximum atomic E-state index is 11.8. The molecule has 1 heterocycles. The normalized spacial score (nSPS) is 10.5. The van der Waals surface area contributed by atoms with E-state index in [1.807, 2.05) is 31.2 Å². The van der Waals surface area contributed by atoms with Crippen LogP contribution in [-0.2, 0) is 11.3 Å². The molecule has 0 spiro atoms. The van der Waals surface area contributed by atoms with E-state index in [4.69, 9.17) is 5.84 Å². The predicted molar refractivity (Wildman–Crippen MR) is 84.9 cm³/mol. The van der Waals surface area contributed by atoms with Crippen molar-refractivity contribution in [2.45, 2.75) is 25.5 Å². The number of nitrogens with one attached hydrogen (secondary N) is 1. The van der Waals surface area contributed by atoms with E-state index in [9.17, 15) is 9.59 Å². The van der Waals surface area contributed by atoms with Gasteiger partial charge in [-0.25, -0.2) is 0 Å². The van der Waals surface area contributed by atoms with E-state index in [1.54, 1.807) is 0 Å². The fourth-order valence-corrected chi connectivity index (χ4v) is 2.34. The van der Waals surface area contributed by atoms with Crippen LogP contribution in [0.5, 0.6) is 0 Å². The Bertz CT molecular complexity index is 727. The molecule has 8 heteroatoms. The molecule has 1 aromatic heterocycles. The van der Waals surface area contributed by atoms with Crippen molar-refractivity contribution in [1.29, 1.82) is 0 Å². The topological polar surface area (TPSA) is 103 Å². The standard InChI is InChI=1S/C14H17N5O2S/c1-9-3-5-11(6-4-9)7-16-12(20)8-22-14-18-17-10(2)13(21)19(14)15/h3-6H,7-8,15H2,1-2H3,(H,16,20). The zero-order valence-electron chi connectivity index (χ0n) is 12.4. The summed E-state index contributed by atoms with van der Waals surface area (Å²) in [5, 5.41) is 10.5. The molecule has 0 unspecified atom stereocenters. The Morgan fingerprint density at radius 2 is 1.95 bits per heavy atom. The summed E-state index contributed by atoms with van der Waals surface area (Å²) in [7, 11) is 0. The number of aryl methyl sites for hydroxylation is 2. The minimum atomic E-state index is -0.419. The first-order valence-corrected chi connectivity index (χ1v) is 7.62. The molecule has 2 rings (SSSR count). The first-order chi connectivity index (χ1) is 10.5. The molecule has 0 aliphatic heterocycles. The van der Waals surface area contributed by atoms with Crippen molar-refractivity contribution in [1.82, 2.24) is 20.2 Å². The quantitative estimate of drug-likeness (QED) is 0.610. The number of rotatable bonds is 5. The largest absolute Gasteiger partial charge is 0.351 e. The third-order valence-corrected chi connectivity index (χ3v) is 3.91. The van der Waals surface area contributed by atoms with Crippen LogP contribution >= 0.6 is 11.8 Å². The Morgan fingerprint density at radius 1 is 1.27 bits per heavy atom. The Kier molecular flexibility index (Phi) is 5.16. The zero-order chi connectivity index (χ0) is 16.1. The first-order valence-electron chi connectivity index (χ1n) is 6.64. The van der Waals surface area contributed by atoms with Gasteiger partial charge in [0.15, 0.2) is 0 Å². The first kappa shape index (κ1) is 16.0. The van der Waals surface area contributed by atoms with Gasteiger partial charge in [-0.15, -0.1) is 10.2 Å². The lowest BCUT2D eigenvalue weighted by atomic mass is 10.1. The number of carbonyl (C=O) groups is 1. The van der Waals surface area contributed by atoms with Gasteiger partial charge in [0.05, 0.1) is 5.75 Å². The third kappa shape index (κ3) is 4.08. The van der Waals surface area contributed by atoms with Crippen LogP contribution in [0.3, 0.4) is 0 Å². The van der Waals surface area contributed by atoms with Crippen LogP contribution in [0.25, 0.3) is 0 Å². The summed E-state index contributed by atoms with van der Waals surface area (Å²) in [5.74, 6) is 5.54. The summed E-state index contributed by atoms with van der Waals surface area (Å²) in [6.07, 6.45) is 0. The van der Waals surface area contributed by atoms with Crippen molar-refractivity contribution >= 4 is 17.7 Å². The molecule has 0 fully saturated rings. The number of nitrogens with two attached hydrogens (primary N) is 1. The van der Waals surface area contributed by atoms with Crippen molar-refractivity contribution in [2.75, 3.05) is 11.6 Å². The van der Waals surface area contributed by atoms with Gasteiger partial charge in [0, 0.05) is 6.54 Å². The van der Waals surface area contributed by atoms with E-state index in [1.165, 1.54) is 12.5 Å². The molecule has 0 atom stereocenters. The SMILES string of the molecule is Cc1ccc(CNC(=O)CSc2nnc(C)c(=O)n2N)cc1. The van der Waals surface area contributed by atoms with E-state index in [2.05, 4.69) is 15.5 Å². The summed E-state index contributed by atoms with van der Waals surface area (Å²) >= 11 is 1.07. The van der Waals surface area contributed by atoms with Gasteiger partial charge in [-0.05, 0) is 19.4 Å². The van der Waals surface area contributed by atoms with E-state index in [-0.39, 0.29) is 22.5 Å². The lowest BCUT2D eigenvalue weighted by molar-refractivity contribution is -0.118. The summed E-state index contributed by atoms with van der Waals surface area (Å²) in [5.41, 5.74) is 1.99. The van der Waals surface area contributed by atoms with Crippen LogP contribution in [0.1, 0.15) is 16.8 Å². The zero-order valence-corrected chi connectivity index (χ0v) is 13.2. The Labute approximate surface area is 131 Å². The Balaban J connectivity index is 1.87. The van der Waals surface area contributed by atoms with Gasteiger partial charge >= 0.3 is 0 Å². The Hall–Kier alpha value is -2.35. The monoisotopic (exact) mass is 319 g/mol. The van der Waals surface area contributed by atoms with Crippen LogP contribution < -0.4 is 16.7 Å². The number of nitrogens with zero attached hydrogens (tertiary/aromatic N) is 3. The molecule has 0 aliphatic carbocycles. The fraction of sp³-hybridized carbons (Fsp3) is 0.286. The van der Waals surface area contributed by atoms with Crippen LogP contribution in [0.4, 0.5) is 0 Å². The van der Waals surface area contributed by atoms with E-state index < -0.39 is 5.56 Å². The average molecular weight is 319 g/mol. The van der Waals surface area contributed by atoms with Gasteiger partial charge in [-0.3, -0.25) is 9.59 Å². The highest BCUT2D eigenvalue weighted by molar-refractivity contribution is 7.99. The molecular weight excluding hydrogens is 302 g/mol. The highest BCUT2D eigenvalue weighted by atomic mass is 32.2. The number of hydrogen-bond donors (Lipinski definition) is 2. The van der Waals surface area contributed by atoms with Crippen molar-refractivity contribution < 1.29 is 4.79 Å². The second-order valence-electron chi connectivity index (χ2n) is 4.79. The van der Waals surface area contributed by atoms with Crippen LogP contribution in [-0.4, -0.2) is 26.5 Å². The molecule has 0 saturated carbocycles. The van der Waals surface area contributed by atoms with Crippen LogP contribution in [0, 0.1) is 13.8 Å². The molecule has 2 aromatic rings. The molecule has 0 radical (unpaired) electrons. The molecule has 7 nitrogen and oxygen atoms in total. The Morgan fingerprint density at radius 3 is 2.64 bits per heavy atom. The van der Waals surface area contributed by atoms with Crippen molar-refractivity contribution in [3.05, 3.63) is 51.4 Å². The number of nitrogen functional groups attached to an aromatic ring is 1. The highest BCUT2D eigenvalue weighted by Gasteiger charge is 2.10. The van der Waals surface area contributed by atoms with Crippen molar-refractivity contribution in [3.63, 3.8) is 0 Å². The number of hydrogen-bond acceptors (Lipinski definition) is 6. The van der Waals surface area contributed by atoms with Crippen molar-refractivity contribution in [3.8, 4) is 0 Å². The molecule has 1 aromatic carbocycles. The summed E-state index contributed by atoms with van der Waals surface area (Å²) in [4.78, 5) is 23.4. The van der Waals surface area contributed by atoms with Gasteiger partial charge < -0.3 is 11.2 Å². The lowest BCUT2D eigenvalue weighted by Gasteiger charge is -2.07. The minimum absolute atomic E-state index is 0.111. The average Bonchev–Trinajstić information content (AvgIpc) is 2.51. The van der Waals surface area contributed by atoms with Crippen molar-refractivity contribution in [2.24, 2.45) is 0 Å². The molecule has 0 aliphatic rings. The molecular formula is C14H17N5O2S. The number of thioether (sulfide) groups is 1. The second-order valence-corrected chi connectivity index (χ2v) is 5.74. The van der Waals surface area contributed by atoms with Gasteiger partial charge in [0.1, 0.15) is 5.69 Å². The summed E-state index contributed by atoms with van der Waals surface area (Å²) in [6, 6.07) is 7.91. The molecule has 3 N–H and O–H groups in total. The number of amides is 1. The lowest BCUT2D eigenvalue weighted by Crippen LogP contribution is -2.33. The van der Waals surface area contributed by atoms with Crippen LogP contribution in [0.15, 0.2) is 34.2 Å².